The molecule has 88 valence electrons. The van der Waals surface area contributed by atoms with Crippen LogP contribution in [0.4, 0.5) is 0 Å². The molecule has 2 rings (SSSR count). The van der Waals surface area contributed by atoms with Gasteiger partial charge in [0.15, 0.2) is 0 Å². The molecule has 2 atom stereocenters. The third kappa shape index (κ3) is 2.24. The Balaban J connectivity index is 2.39. The van der Waals surface area contributed by atoms with Gasteiger partial charge in [-0.3, -0.25) is 0 Å². The van der Waals surface area contributed by atoms with Gasteiger partial charge in [-0.2, -0.15) is 11.8 Å². The first-order chi connectivity index (χ1) is 7.63. The summed E-state index contributed by atoms with van der Waals surface area (Å²) in [5.41, 5.74) is 2.80. The second kappa shape index (κ2) is 4.99. The molecule has 0 radical (unpaired) electrons. The SMILES string of the molecule is CNC1c2cc(Cl)ccc2CSC1C(C)C. The van der Waals surface area contributed by atoms with Gasteiger partial charge < -0.3 is 5.32 Å². The highest BCUT2D eigenvalue weighted by Crippen LogP contribution is 2.41. The van der Waals surface area contributed by atoms with E-state index in [0.717, 1.165) is 10.8 Å². The molecule has 1 nitrogen and oxygen atoms in total. The molecule has 0 bridgehead atoms. The number of rotatable bonds is 2. The topological polar surface area (TPSA) is 12.0 Å². The van der Waals surface area contributed by atoms with Gasteiger partial charge in [-0.15, -0.1) is 0 Å². The van der Waals surface area contributed by atoms with Gasteiger partial charge in [0, 0.05) is 22.1 Å². The van der Waals surface area contributed by atoms with Crippen molar-refractivity contribution >= 4 is 23.4 Å². The van der Waals surface area contributed by atoms with Crippen molar-refractivity contribution in [1.82, 2.24) is 5.32 Å². The molecule has 0 saturated heterocycles. The highest BCUT2D eigenvalue weighted by atomic mass is 35.5. The Labute approximate surface area is 107 Å². The van der Waals surface area contributed by atoms with Gasteiger partial charge in [0.25, 0.3) is 0 Å². The molecule has 1 heterocycles. The van der Waals surface area contributed by atoms with Crippen LogP contribution in [0.2, 0.25) is 5.02 Å². The summed E-state index contributed by atoms with van der Waals surface area (Å²) in [5, 5.41) is 4.92. The van der Waals surface area contributed by atoms with Crippen LogP contribution in [0.25, 0.3) is 0 Å². The molecule has 0 saturated carbocycles. The number of hydrogen-bond donors (Lipinski definition) is 1. The van der Waals surface area contributed by atoms with E-state index in [-0.39, 0.29) is 0 Å². The number of halogens is 1. The predicted octanol–water partition coefficient (Wildman–Crippen LogP) is 3.87. The minimum Gasteiger partial charge on any atom is -0.312 e. The molecule has 2 unspecified atom stereocenters. The van der Waals surface area contributed by atoms with Crippen molar-refractivity contribution in [3.63, 3.8) is 0 Å². The fourth-order valence-corrected chi connectivity index (χ4v) is 4.02. The molecule has 0 aliphatic carbocycles. The molecular formula is C13H18ClNS. The van der Waals surface area contributed by atoms with Crippen LogP contribution in [0.15, 0.2) is 18.2 Å². The van der Waals surface area contributed by atoms with Crippen LogP contribution >= 0.6 is 23.4 Å². The number of hydrogen-bond acceptors (Lipinski definition) is 2. The van der Waals surface area contributed by atoms with E-state index in [1.165, 1.54) is 11.1 Å². The molecular weight excluding hydrogens is 238 g/mol. The van der Waals surface area contributed by atoms with Crippen LogP contribution in [0.1, 0.15) is 31.0 Å². The summed E-state index contributed by atoms with van der Waals surface area (Å²) in [6, 6.07) is 6.69. The first kappa shape index (κ1) is 12.3. The van der Waals surface area contributed by atoms with Crippen molar-refractivity contribution in [2.45, 2.75) is 30.9 Å². The maximum Gasteiger partial charge on any atom is 0.0444 e. The molecule has 1 aliphatic rings. The van der Waals surface area contributed by atoms with Gasteiger partial charge in [0.05, 0.1) is 0 Å². The quantitative estimate of drug-likeness (QED) is 0.861. The van der Waals surface area contributed by atoms with E-state index in [1.54, 1.807) is 0 Å². The molecule has 0 spiro atoms. The molecule has 3 heteroatoms. The monoisotopic (exact) mass is 255 g/mol. The lowest BCUT2D eigenvalue weighted by molar-refractivity contribution is 0.466. The second-order valence-electron chi connectivity index (χ2n) is 4.63. The smallest absolute Gasteiger partial charge is 0.0444 e. The Morgan fingerprint density at radius 2 is 2.19 bits per heavy atom. The van der Waals surface area contributed by atoms with Crippen LogP contribution in [0.5, 0.6) is 0 Å². The number of benzene rings is 1. The Morgan fingerprint density at radius 1 is 1.44 bits per heavy atom. The van der Waals surface area contributed by atoms with Crippen molar-refractivity contribution in [2.24, 2.45) is 5.92 Å². The van der Waals surface area contributed by atoms with E-state index >= 15 is 0 Å². The highest BCUT2D eigenvalue weighted by molar-refractivity contribution is 7.99. The average molecular weight is 256 g/mol. The summed E-state index contributed by atoms with van der Waals surface area (Å²) in [6.45, 7) is 4.58. The van der Waals surface area contributed by atoms with Gasteiger partial charge in [0.2, 0.25) is 0 Å². The fraction of sp³-hybridized carbons (Fsp3) is 0.538. The van der Waals surface area contributed by atoms with Gasteiger partial charge in [-0.25, -0.2) is 0 Å². The lowest BCUT2D eigenvalue weighted by Gasteiger charge is -2.35. The summed E-state index contributed by atoms with van der Waals surface area (Å²) in [5.74, 6) is 1.78. The minimum atomic E-state index is 0.424. The standard InChI is InChI=1S/C13H18ClNS/c1-8(2)13-12(15-3)11-6-10(14)5-4-9(11)7-16-13/h4-6,8,12-13,15H,7H2,1-3H3. The lowest BCUT2D eigenvalue weighted by Crippen LogP contribution is -2.34. The van der Waals surface area contributed by atoms with Crippen molar-refractivity contribution in [3.8, 4) is 0 Å². The molecule has 1 aliphatic heterocycles. The summed E-state index contributed by atoms with van der Waals surface area (Å²) in [7, 11) is 2.04. The second-order valence-corrected chi connectivity index (χ2v) is 6.23. The maximum absolute atomic E-state index is 6.09. The molecule has 16 heavy (non-hydrogen) atoms. The largest absolute Gasteiger partial charge is 0.312 e. The normalized spacial score (nSPS) is 24.6. The zero-order valence-electron chi connectivity index (χ0n) is 9.96. The Kier molecular flexibility index (Phi) is 3.83. The Bertz CT molecular complexity index is 378. The fourth-order valence-electron chi connectivity index (χ4n) is 2.34. The minimum absolute atomic E-state index is 0.424. The van der Waals surface area contributed by atoms with Crippen molar-refractivity contribution in [1.29, 1.82) is 0 Å². The van der Waals surface area contributed by atoms with E-state index in [2.05, 4.69) is 31.3 Å². The van der Waals surface area contributed by atoms with Crippen LogP contribution < -0.4 is 5.32 Å². The van der Waals surface area contributed by atoms with Crippen molar-refractivity contribution in [2.75, 3.05) is 7.05 Å². The first-order valence-electron chi connectivity index (χ1n) is 5.70. The van der Waals surface area contributed by atoms with Crippen LogP contribution in [0.3, 0.4) is 0 Å². The zero-order chi connectivity index (χ0) is 11.7. The Morgan fingerprint density at radius 3 is 2.81 bits per heavy atom. The summed E-state index contributed by atoms with van der Waals surface area (Å²) in [6.07, 6.45) is 0. The molecule has 1 aromatic carbocycles. The van der Waals surface area contributed by atoms with Crippen LogP contribution in [0, 0.1) is 5.92 Å². The molecule has 1 aromatic rings. The van der Waals surface area contributed by atoms with E-state index in [4.69, 9.17) is 11.6 Å². The third-order valence-electron chi connectivity index (χ3n) is 3.17. The summed E-state index contributed by atoms with van der Waals surface area (Å²) >= 11 is 8.14. The Hall–Kier alpha value is -0.180. The molecule has 0 fully saturated rings. The van der Waals surface area contributed by atoms with E-state index in [9.17, 15) is 0 Å². The molecule has 1 N–H and O–H groups in total. The average Bonchev–Trinajstić information content (AvgIpc) is 2.27. The summed E-state index contributed by atoms with van der Waals surface area (Å²) < 4.78 is 0. The number of fused-ring (bicyclic) bond motifs is 1. The van der Waals surface area contributed by atoms with Crippen molar-refractivity contribution < 1.29 is 0 Å². The van der Waals surface area contributed by atoms with Gasteiger partial charge in [-0.1, -0.05) is 31.5 Å². The highest BCUT2D eigenvalue weighted by Gasteiger charge is 2.30. The van der Waals surface area contributed by atoms with E-state index < -0.39 is 0 Å². The lowest BCUT2D eigenvalue weighted by atomic mass is 9.93. The van der Waals surface area contributed by atoms with Crippen LogP contribution in [-0.2, 0) is 5.75 Å². The number of nitrogens with one attached hydrogen (secondary N) is 1. The third-order valence-corrected chi connectivity index (χ3v) is 5.09. The van der Waals surface area contributed by atoms with Gasteiger partial charge in [0.1, 0.15) is 0 Å². The molecule has 0 amide bonds. The van der Waals surface area contributed by atoms with Crippen LogP contribution in [-0.4, -0.2) is 12.3 Å². The zero-order valence-corrected chi connectivity index (χ0v) is 11.5. The van der Waals surface area contributed by atoms with Gasteiger partial charge in [-0.05, 0) is 36.2 Å². The summed E-state index contributed by atoms with van der Waals surface area (Å²) in [4.78, 5) is 0. The first-order valence-corrected chi connectivity index (χ1v) is 7.13. The predicted molar refractivity (Wildman–Crippen MR) is 73.2 cm³/mol. The van der Waals surface area contributed by atoms with E-state index in [1.807, 2.05) is 24.9 Å². The van der Waals surface area contributed by atoms with Crippen molar-refractivity contribution in [3.05, 3.63) is 34.3 Å². The van der Waals surface area contributed by atoms with Gasteiger partial charge >= 0.3 is 0 Å². The molecule has 0 aromatic heterocycles. The maximum atomic E-state index is 6.09. The number of thioether (sulfide) groups is 1. The van der Waals surface area contributed by atoms with E-state index in [0.29, 0.717) is 17.2 Å².